The normalized spacial score (nSPS) is 12.2. The molecule has 1 aromatic carbocycles. The average Bonchev–Trinajstić information content (AvgIpc) is 3.06. The Balaban J connectivity index is 2.37. The van der Waals surface area contributed by atoms with Crippen LogP contribution in [0, 0.1) is 0 Å². The SMILES string of the molecule is O=C(O)NC(CO)c1nc2cccc(Cl)c2c(=O)n1-c1ccn[nH]1. The molecular weight excluding hydrogens is 338 g/mol. The van der Waals surface area contributed by atoms with Gasteiger partial charge in [-0.25, -0.2) is 14.3 Å². The highest BCUT2D eigenvalue weighted by atomic mass is 35.5. The fourth-order valence-electron chi connectivity index (χ4n) is 2.39. The Morgan fingerprint density at radius 3 is 2.83 bits per heavy atom. The maximum Gasteiger partial charge on any atom is 0.405 e. The van der Waals surface area contributed by atoms with Crippen LogP contribution in [-0.2, 0) is 0 Å². The molecule has 0 saturated carbocycles. The molecule has 0 radical (unpaired) electrons. The number of nitrogens with one attached hydrogen (secondary N) is 2. The summed E-state index contributed by atoms with van der Waals surface area (Å²) in [5.41, 5.74) is -0.209. The van der Waals surface area contributed by atoms with Crippen LogP contribution in [0.3, 0.4) is 0 Å². The molecule has 1 amide bonds. The van der Waals surface area contributed by atoms with E-state index in [-0.39, 0.29) is 22.1 Å². The van der Waals surface area contributed by atoms with Gasteiger partial charge in [0.05, 0.1) is 28.7 Å². The van der Waals surface area contributed by atoms with Crippen LogP contribution in [0.2, 0.25) is 5.02 Å². The number of aromatic amines is 1. The van der Waals surface area contributed by atoms with Crippen molar-refractivity contribution in [2.75, 3.05) is 6.61 Å². The van der Waals surface area contributed by atoms with Crippen molar-refractivity contribution in [2.24, 2.45) is 0 Å². The second kappa shape index (κ2) is 6.30. The summed E-state index contributed by atoms with van der Waals surface area (Å²) in [6.45, 7) is -0.584. The lowest BCUT2D eigenvalue weighted by atomic mass is 10.2. The molecule has 0 aliphatic heterocycles. The molecule has 24 heavy (non-hydrogen) atoms. The molecule has 2 aromatic heterocycles. The molecule has 3 rings (SSSR count). The summed E-state index contributed by atoms with van der Waals surface area (Å²) in [5.74, 6) is 0.291. The Kier molecular flexibility index (Phi) is 4.19. The first kappa shape index (κ1) is 16.0. The van der Waals surface area contributed by atoms with Crippen molar-refractivity contribution in [2.45, 2.75) is 6.04 Å². The third-order valence-electron chi connectivity index (χ3n) is 3.39. The Morgan fingerprint density at radius 1 is 1.42 bits per heavy atom. The number of rotatable bonds is 4. The van der Waals surface area contributed by atoms with Crippen LogP contribution in [0.5, 0.6) is 0 Å². The minimum atomic E-state index is -1.36. The summed E-state index contributed by atoms with van der Waals surface area (Å²) in [5, 5.41) is 27.4. The molecule has 124 valence electrons. The number of amides is 1. The van der Waals surface area contributed by atoms with Gasteiger partial charge < -0.3 is 15.5 Å². The van der Waals surface area contributed by atoms with Crippen molar-refractivity contribution in [3.63, 3.8) is 0 Å². The van der Waals surface area contributed by atoms with Crippen molar-refractivity contribution in [3.8, 4) is 5.82 Å². The van der Waals surface area contributed by atoms with Gasteiger partial charge in [-0.2, -0.15) is 5.10 Å². The van der Waals surface area contributed by atoms with E-state index in [1.165, 1.54) is 12.3 Å². The molecule has 1 unspecified atom stereocenters. The van der Waals surface area contributed by atoms with E-state index < -0.39 is 24.3 Å². The highest BCUT2D eigenvalue weighted by molar-refractivity contribution is 6.35. The molecule has 0 saturated heterocycles. The van der Waals surface area contributed by atoms with Crippen LogP contribution in [0.1, 0.15) is 11.9 Å². The van der Waals surface area contributed by atoms with Gasteiger partial charge in [-0.3, -0.25) is 9.89 Å². The van der Waals surface area contributed by atoms with E-state index >= 15 is 0 Å². The van der Waals surface area contributed by atoms with Crippen LogP contribution in [0.4, 0.5) is 4.79 Å². The van der Waals surface area contributed by atoms with Gasteiger partial charge >= 0.3 is 6.09 Å². The largest absolute Gasteiger partial charge is 0.465 e. The van der Waals surface area contributed by atoms with Crippen LogP contribution in [0.15, 0.2) is 35.3 Å². The monoisotopic (exact) mass is 349 g/mol. The quantitative estimate of drug-likeness (QED) is 0.556. The van der Waals surface area contributed by atoms with E-state index in [1.807, 2.05) is 0 Å². The Hall–Kier alpha value is -2.91. The zero-order valence-electron chi connectivity index (χ0n) is 12.1. The lowest BCUT2D eigenvalue weighted by Gasteiger charge is -2.19. The molecule has 0 aliphatic rings. The third kappa shape index (κ3) is 2.70. The van der Waals surface area contributed by atoms with E-state index in [4.69, 9.17) is 16.7 Å². The zero-order chi connectivity index (χ0) is 17.3. The van der Waals surface area contributed by atoms with Crippen molar-refractivity contribution in [1.29, 1.82) is 0 Å². The highest BCUT2D eigenvalue weighted by Crippen LogP contribution is 2.22. The van der Waals surface area contributed by atoms with Gasteiger partial charge in [0.1, 0.15) is 17.7 Å². The third-order valence-corrected chi connectivity index (χ3v) is 3.71. The predicted molar refractivity (Wildman–Crippen MR) is 85.5 cm³/mol. The van der Waals surface area contributed by atoms with Crippen LogP contribution >= 0.6 is 11.6 Å². The summed E-state index contributed by atoms with van der Waals surface area (Å²) in [6, 6.07) is 5.17. The summed E-state index contributed by atoms with van der Waals surface area (Å²) in [7, 11) is 0. The number of H-pyrrole nitrogens is 1. The van der Waals surface area contributed by atoms with E-state index in [9.17, 15) is 14.7 Å². The number of nitrogens with zero attached hydrogens (tertiary/aromatic N) is 3. The van der Waals surface area contributed by atoms with E-state index in [0.717, 1.165) is 4.57 Å². The number of carboxylic acid groups (broad SMARTS) is 1. The fraction of sp³-hybridized carbons (Fsp3) is 0.143. The summed E-state index contributed by atoms with van der Waals surface area (Å²) >= 11 is 6.11. The Labute approximate surface area is 139 Å². The van der Waals surface area contributed by atoms with Gasteiger partial charge in [-0.15, -0.1) is 0 Å². The van der Waals surface area contributed by atoms with Crippen molar-refractivity contribution >= 4 is 28.6 Å². The number of aromatic nitrogens is 4. The van der Waals surface area contributed by atoms with Gasteiger partial charge in [0.15, 0.2) is 0 Å². The number of hydrogen-bond donors (Lipinski definition) is 4. The first-order chi connectivity index (χ1) is 11.5. The van der Waals surface area contributed by atoms with E-state index in [0.29, 0.717) is 5.52 Å². The smallest absolute Gasteiger partial charge is 0.405 e. The number of hydrogen-bond acceptors (Lipinski definition) is 5. The van der Waals surface area contributed by atoms with E-state index in [1.54, 1.807) is 18.2 Å². The number of fused-ring (bicyclic) bond motifs is 1. The molecule has 0 fully saturated rings. The minimum absolute atomic E-state index is 0.0175. The van der Waals surface area contributed by atoms with Gasteiger partial charge in [0.2, 0.25) is 0 Å². The molecule has 0 bridgehead atoms. The van der Waals surface area contributed by atoms with Gasteiger partial charge in [-0.05, 0) is 12.1 Å². The first-order valence-corrected chi connectivity index (χ1v) is 7.22. The lowest BCUT2D eigenvalue weighted by molar-refractivity contribution is 0.175. The number of benzene rings is 1. The molecule has 2 heterocycles. The van der Waals surface area contributed by atoms with Crippen LogP contribution < -0.4 is 10.9 Å². The van der Waals surface area contributed by atoms with Gasteiger partial charge in [0.25, 0.3) is 5.56 Å². The lowest BCUT2D eigenvalue weighted by Crippen LogP contribution is -2.35. The van der Waals surface area contributed by atoms with Crippen LogP contribution in [-0.4, -0.2) is 42.7 Å². The fourth-order valence-corrected chi connectivity index (χ4v) is 2.64. The van der Waals surface area contributed by atoms with Gasteiger partial charge in [0, 0.05) is 6.07 Å². The van der Waals surface area contributed by atoms with Crippen molar-refractivity contribution in [1.82, 2.24) is 25.1 Å². The number of carbonyl (C=O) groups is 1. The van der Waals surface area contributed by atoms with Gasteiger partial charge in [-0.1, -0.05) is 17.7 Å². The molecule has 0 spiro atoms. The number of aliphatic hydroxyl groups is 1. The highest BCUT2D eigenvalue weighted by Gasteiger charge is 2.23. The van der Waals surface area contributed by atoms with Crippen LogP contribution in [0.25, 0.3) is 16.7 Å². The summed E-state index contributed by atoms with van der Waals surface area (Å²) < 4.78 is 1.14. The van der Waals surface area contributed by atoms with E-state index in [2.05, 4.69) is 20.5 Å². The second-order valence-electron chi connectivity index (χ2n) is 4.87. The molecule has 1 atom stereocenters. The molecule has 10 heteroatoms. The molecule has 3 aromatic rings. The predicted octanol–water partition coefficient (Wildman–Crippen LogP) is 1.06. The maximum atomic E-state index is 12.9. The molecular formula is C14H12ClN5O4. The zero-order valence-corrected chi connectivity index (χ0v) is 12.9. The minimum Gasteiger partial charge on any atom is -0.465 e. The topological polar surface area (TPSA) is 133 Å². The molecule has 9 nitrogen and oxygen atoms in total. The standard InChI is InChI=1S/C14H12ClN5O4/c15-7-2-1-3-8-11(7)13(22)20(10-4-5-16-19-10)12(17-8)9(6-21)18-14(23)24/h1-5,9,18,21H,6H2,(H,16,19)(H,23,24). The first-order valence-electron chi connectivity index (χ1n) is 6.84. The Bertz CT molecular complexity index is 954. The Morgan fingerprint density at radius 2 is 2.21 bits per heavy atom. The van der Waals surface area contributed by atoms with Crippen molar-refractivity contribution < 1.29 is 15.0 Å². The number of halogens is 1. The number of aliphatic hydroxyl groups excluding tert-OH is 1. The second-order valence-corrected chi connectivity index (χ2v) is 5.28. The van der Waals surface area contributed by atoms with Crippen molar-refractivity contribution in [3.05, 3.63) is 51.7 Å². The average molecular weight is 350 g/mol. The molecule has 4 N–H and O–H groups in total. The molecule has 0 aliphatic carbocycles. The summed E-state index contributed by atoms with van der Waals surface area (Å²) in [4.78, 5) is 28.2. The summed E-state index contributed by atoms with van der Waals surface area (Å²) in [6.07, 6.45) is 0.0756. The maximum absolute atomic E-state index is 12.9.